The first-order valence-electron chi connectivity index (χ1n) is 5.28. The van der Waals surface area contributed by atoms with E-state index >= 15 is 0 Å². The summed E-state index contributed by atoms with van der Waals surface area (Å²) in [5, 5.41) is 9.44. The summed E-state index contributed by atoms with van der Waals surface area (Å²) in [4.78, 5) is 14.9. The Hall–Kier alpha value is -1.62. The Balaban J connectivity index is 0.00000180. The van der Waals surface area contributed by atoms with Gasteiger partial charge >= 0.3 is 5.97 Å². The molecule has 0 aliphatic rings. The molecule has 2 aromatic rings. The molecule has 6 heteroatoms. The van der Waals surface area contributed by atoms with Crippen LogP contribution in [0, 0.1) is 0 Å². The third-order valence-corrected chi connectivity index (χ3v) is 2.80. The second kappa shape index (κ2) is 6.52. The Morgan fingerprint density at radius 1 is 1.21 bits per heavy atom. The van der Waals surface area contributed by atoms with Crippen molar-refractivity contribution in [3.8, 4) is 11.3 Å². The Morgan fingerprint density at radius 2 is 1.84 bits per heavy atom. The van der Waals surface area contributed by atoms with Gasteiger partial charge in [-0.05, 0) is 23.8 Å². The lowest BCUT2D eigenvalue weighted by atomic mass is 10.1. The number of halogens is 2. The number of carboxylic acids is 1. The number of hydrogen-bond donors (Lipinski definition) is 2. The van der Waals surface area contributed by atoms with E-state index in [2.05, 4.69) is 4.98 Å². The summed E-state index contributed by atoms with van der Waals surface area (Å²) in [5.74, 6) is -1.07. The number of aromatic nitrogens is 1. The van der Waals surface area contributed by atoms with Crippen LogP contribution in [0.5, 0.6) is 0 Å². The zero-order chi connectivity index (χ0) is 13.1. The molecular formula is C13H12Cl2N2O2. The maximum absolute atomic E-state index is 10.7. The summed E-state index contributed by atoms with van der Waals surface area (Å²) < 4.78 is 0. The van der Waals surface area contributed by atoms with E-state index in [0.717, 1.165) is 11.3 Å². The van der Waals surface area contributed by atoms with Gasteiger partial charge in [0.15, 0.2) is 0 Å². The Morgan fingerprint density at radius 3 is 2.32 bits per heavy atom. The number of benzene rings is 1. The second-order valence-corrected chi connectivity index (χ2v) is 4.24. The number of carbonyl (C=O) groups is 1. The number of pyridine rings is 1. The van der Waals surface area contributed by atoms with E-state index < -0.39 is 12.0 Å². The van der Waals surface area contributed by atoms with Gasteiger partial charge in [0.05, 0.1) is 5.69 Å². The van der Waals surface area contributed by atoms with Crippen LogP contribution in [0.1, 0.15) is 11.6 Å². The molecular weight excluding hydrogens is 287 g/mol. The van der Waals surface area contributed by atoms with Crippen molar-refractivity contribution in [3.63, 3.8) is 0 Å². The molecule has 1 unspecified atom stereocenters. The molecule has 0 fully saturated rings. The lowest BCUT2D eigenvalue weighted by Gasteiger charge is -2.07. The molecule has 0 aliphatic heterocycles. The van der Waals surface area contributed by atoms with Crippen LogP contribution in [0.4, 0.5) is 0 Å². The molecule has 0 aliphatic carbocycles. The molecule has 1 atom stereocenters. The van der Waals surface area contributed by atoms with E-state index in [1.807, 2.05) is 12.1 Å². The molecule has 19 heavy (non-hydrogen) atoms. The maximum atomic E-state index is 10.7. The van der Waals surface area contributed by atoms with Gasteiger partial charge in [-0.25, -0.2) is 0 Å². The van der Waals surface area contributed by atoms with Crippen LogP contribution < -0.4 is 5.73 Å². The SMILES string of the molecule is Cl.NC(C(=O)O)c1ccc(-c2ccc(Cl)cc2)nc1. The molecule has 0 saturated heterocycles. The Labute approximate surface area is 121 Å². The van der Waals surface area contributed by atoms with Crippen LogP contribution in [-0.2, 0) is 4.79 Å². The van der Waals surface area contributed by atoms with Crippen LogP contribution in [0.15, 0.2) is 42.6 Å². The zero-order valence-corrected chi connectivity index (χ0v) is 11.4. The highest BCUT2D eigenvalue weighted by atomic mass is 35.5. The second-order valence-electron chi connectivity index (χ2n) is 3.80. The van der Waals surface area contributed by atoms with Gasteiger partial charge in [-0.1, -0.05) is 29.8 Å². The summed E-state index contributed by atoms with van der Waals surface area (Å²) >= 11 is 5.80. The quantitative estimate of drug-likeness (QED) is 0.913. The molecule has 1 aromatic heterocycles. The minimum Gasteiger partial charge on any atom is -0.480 e. The molecule has 0 bridgehead atoms. The van der Waals surface area contributed by atoms with Gasteiger partial charge in [-0.15, -0.1) is 12.4 Å². The normalized spacial score (nSPS) is 11.5. The van der Waals surface area contributed by atoms with Crippen molar-refractivity contribution in [1.29, 1.82) is 0 Å². The summed E-state index contributed by atoms with van der Waals surface area (Å²) in [7, 11) is 0. The highest BCUT2D eigenvalue weighted by molar-refractivity contribution is 6.30. The molecule has 0 spiro atoms. The number of rotatable bonds is 3. The fourth-order valence-corrected chi connectivity index (χ4v) is 1.65. The first-order valence-corrected chi connectivity index (χ1v) is 5.66. The average Bonchev–Trinajstić information content (AvgIpc) is 2.39. The van der Waals surface area contributed by atoms with E-state index in [1.165, 1.54) is 6.20 Å². The summed E-state index contributed by atoms with van der Waals surface area (Å²) in [6.07, 6.45) is 1.47. The molecule has 0 amide bonds. The summed E-state index contributed by atoms with van der Waals surface area (Å²) in [6.45, 7) is 0. The Bertz CT molecular complexity index is 556. The van der Waals surface area contributed by atoms with E-state index in [4.69, 9.17) is 22.4 Å². The first kappa shape index (κ1) is 15.4. The van der Waals surface area contributed by atoms with Gasteiger partial charge in [0, 0.05) is 16.8 Å². The van der Waals surface area contributed by atoms with Crippen LogP contribution in [0.25, 0.3) is 11.3 Å². The van der Waals surface area contributed by atoms with Crippen molar-refractivity contribution in [2.45, 2.75) is 6.04 Å². The van der Waals surface area contributed by atoms with Gasteiger partial charge in [-0.2, -0.15) is 0 Å². The predicted octanol–water partition coefficient (Wildman–Crippen LogP) is 2.91. The predicted molar refractivity (Wildman–Crippen MR) is 76.5 cm³/mol. The number of carboxylic acid groups (broad SMARTS) is 1. The van der Waals surface area contributed by atoms with Gasteiger partial charge in [0.25, 0.3) is 0 Å². The topological polar surface area (TPSA) is 76.2 Å². The first-order chi connectivity index (χ1) is 8.58. The van der Waals surface area contributed by atoms with E-state index in [9.17, 15) is 4.79 Å². The fourth-order valence-electron chi connectivity index (χ4n) is 1.52. The third kappa shape index (κ3) is 3.67. The minimum atomic E-state index is -1.07. The largest absolute Gasteiger partial charge is 0.480 e. The van der Waals surface area contributed by atoms with Gasteiger partial charge in [0.2, 0.25) is 0 Å². The number of aliphatic carboxylic acids is 1. The van der Waals surface area contributed by atoms with E-state index in [1.54, 1.807) is 24.3 Å². The average molecular weight is 299 g/mol. The lowest BCUT2D eigenvalue weighted by Crippen LogP contribution is -2.20. The van der Waals surface area contributed by atoms with Crippen molar-refractivity contribution in [1.82, 2.24) is 4.98 Å². The van der Waals surface area contributed by atoms with Gasteiger partial charge in [-0.3, -0.25) is 9.78 Å². The Kier molecular flexibility index (Phi) is 5.30. The van der Waals surface area contributed by atoms with Crippen LogP contribution in [0.3, 0.4) is 0 Å². The smallest absolute Gasteiger partial charge is 0.325 e. The number of nitrogens with two attached hydrogens (primary N) is 1. The van der Waals surface area contributed by atoms with Crippen LogP contribution in [-0.4, -0.2) is 16.1 Å². The third-order valence-electron chi connectivity index (χ3n) is 2.55. The zero-order valence-electron chi connectivity index (χ0n) is 9.79. The van der Waals surface area contributed by atoms with Crippen molar-refractivity contribution < 1.29 is 9.90 Å². The highest BCUT2D eigenvalue weighted by Crippen LogP contribution is 2.20. The molecule has 3 N–H and O–H groups in total. The molecule has 4 nitrogen and oxygen atoms in total. The number of hydrogen-bond acceptors (Lipinski definition) is 3. The van der Waals surface area contributed by atoms with Gasteiger partial charge in [0.1, 0.15) is 6.04 Å². The summed E-state index contributed by atoms with van der Waals surface area (Å²) in [5.41, 5.74) is 7.62. The van der Waals surface area contributed by atoms with Crippen molar-refractivity contribution >= 4 is 30.0 Å². The molecule has 1 aromatic carbocycles. The lowest BCUT2D eigenvalue weighted by molar-refractivity contribution is -0.138. The van der Waals surface area contributed by atoms with Crippen molar-refractivity contribution in [2.75, 3.05) is 0 Å². The van der Waals surface area contributed by atoms with Crippen molar-refractivity contribution in [2.24, 2.45) is 5.73 Å². The molecule has 0 saturated carbocycles. The van der Waals surface area contributed by atoms with Crippen LogP contribution >= 0.6 is 24.0 Å². The molecule has 2 rings (SSSR count). The van der Waals surface area contributed by atoms with Gasteiger partial charge < -0.3 is 10.8 Å². The molecule has 0 radical (unpaired) electrons. The van der Waals surface area contributed by atoms with Crippen molar-refractivity contribution in [3.05, 3.63) is 53.2 Å². The highest BCUT2D eigenvalue weighted by Gasteiger charge is 2.14. The van der Waals surface area contributed by atoms with Crippen LogP contribution in [0.2, 0.25) is 5.02 Å². The number of nitrogens with zero attached hydrogens (tertiary/aromatic N) is 1. The maximum Gasteiger partial charge on any atom is 0.325 e. The van der Waals surface area contributed by atoms with E-state index in [0.29, 0.717) is 10.6 Å². The van der Waals surface area contributed by atoms with E-state index in [-0.39, 0.29) is 12.4 Å². The molecule has 100 valence electrons. The standard InChI is InChI=1S/C13H11ClN2O2.ClH/c14-10-4-1-8(2-5-10)11-6-3-9(7-16-11)12(15)13(17)18;/h1-7,12H,15H2,(H,17,18);1H. The monoisotopic (exact) mass is 298 g/mol. The minimum absolute atomic E-state index is 0. The fraction of sp³-hybridized carbons (Fsp3) is 0.0769. The molecule has 1 heterocycles. The summed E-state index contributed by atoms with van der Waals surface area (Å²) in [6, 6.07) is 9.60.